The average Bonchev–Trinajstić information content (AvgIpc) is 2.40. The van der Waals surface area contributed by atoms with Crippen LogP contribution in [-0.2, 0) is 11.2 Å². The summed E-state index contributed by atoms with van der Waals surface area (Å²) in [6, 6.07) is 8.89. The third-order valence-corrected chi connectivity index (χ3v) is 3.09. The van der Waals surface area contributed by atoms with Crippen molar-refractivity contribution in [2.24, 2.45) is 5.41 Å². The quantitative estimate of drug-likeness (QED) is 0.834. The van der Waals surface area contributed by atoms with Crippen molar-refractivity contribution in [1.29, 1.82) is 5.26 Å². The second kappa shape index (κ2) is 6.06. The fourth-order valence-corrected chi connectivity index (χ4v) is 1.47. The molecule has 0 spiro atoms. The highest BCUT2D eigenvalue weighted by Crippen LogP contribution is 2.19. The van der Waals surface area contributed by atoms with Crippen LogP contribution in [0, 0.1) is 16.7 Å². The Morgan fingerprint density at radius 3 is 2.56 bits per heavy atom. The molecule has 0 saturated heterocycles. The molecule has 0 aliphatic carbocycles. The van der Waals surface area contributed by atoms with Gasteiger partial charge >= 0.3 is 0 Å². The van der Waals surface area contributed by atoms with Crippen molar-refractivity contribution in [2.45, 2.75) is 26.7 Å². The summed E-state index contributed by atoms with van der Waals surface area (Å²) in [5.74, 6) is -0.00268. The molecule has 1 unspecified atom stereocenters. The highest BCUT2D eigenvalue weighted by atomic mass is 16.3. The zero-order chi connectivity index (χ0) is 13.6. The Balaban J connectivity index is 2.45. The maximum atomic E-state index is 11.8. The van der Waals surface area contributed by atoms with Crippen LogP contribution in [0.25, 0.3) is 0 Å². The van der Waals surface area contributed by atoms with Crippen molar-refractivity contribution in [3.8, 4) is 11.8 Å². The summed E-state index contributed by atoms with van der Waals surface area (Å²) in [4.78, 5) is 11.8. The number of rotatable bonds is 5. The van der Waals surface area contributed by atoms with E-state index in [2.05, 4.69) is 5.32 Å². The number of phenols is 1. The molecule has 1 rings (SSSR count). The Bertz CT molecular complexity index is 448. The molecule has 2 N–H and O–H groups in total. The topological polar surface area (TPSA) is 73.1 Å². The Morgan fingerprint density at radius 2 is 2.06 bits per heavy atom. The third kappa shape index (κ3) is 3.49. The van der Waals surface area contributed by atoms with Gasteiger partial charge in [-0.05, 0) is 37.5 Å². The lowest BCUT2D eigenvalue weighted by molar-refractivity contribution is -0.127. The van der Waals surface area contributed by atoms with E-state index in [0.29, 0.717) is 19.4 Å². The fraction of sp³-hybridized carbons (Fsp3) is 0.429. The number of amides is 1. The molecule has 0 fully saturated rings. The molecule has 1 aromatic carbocycles. The van der Waals surface area contributed by atoms with Gasteiger partial charge in [0.05, 0.1) is 6.07 Å². The molecule has 0 aliphatic rings. The van der Waals surface area contributed by atoms with Gasteiger partial charge in [-0.2, -0.15) is 5.26 Å². The molecule has 18 heavy (non-hydrogen) atoms. The fourth-order valence-electron chi connectivity index (χ4n) is 1.47. The lowest BCUT2D eigenvalue weighted by Gasteiger charge is -2.18. The molecule has 0 aromatic heterocycles. The largest absolute Gasteiger partial charge is 0.508 e. The lowest BCUT2D eigenvalue weighted by atomic mass is 9.88. The predicted molar refractivity (Wildman–Crippen MR) is 68.8 cm³/mol. The summed E-state index contributed by atoms with van der Waals surface area (Å²) in [5, 5.41) is 20.9. The highest BCUT2D eigenvalue weighted by Gasteiger charge is 2.30. The van der Waals surface area contributed by atoms with Gasteiger partial charge in [0.1, 0.15) is 11.2 Å². The number of hydrogen-bond donors (Lipinski definition) is 2. The Labute approximate surface area is 107 Å². The first-order chi connectivity index (χ1) is 8.51. The van der Waals surface area contributed by atoms with Gasteiger partial charge in [-0.1, -0.05) is 19.1 Å². The van der Waals surface area contributed by atoms with Crippen LogP contribution in [0.15, 0.2) is 24.3 Å². The first kappa shape index (κ1) is 14.0. The number of phenolic OH excluding ortho intramolecular Hbond substituents is 1. The summed E-state index contributed by atoms with van der Waals surface area (Å²) in [5.41, 5.74) is 0.0813. The lowest BCUT2D eigenvalue weighted by Crippen LogP contribution is -2.38. The molecular weight excluding hydrogens is 228 g/mol. The molecular formula is C14H18N2O2. The van der Waals surface area contributed by atoms with E-state index in [4.69, 9.17) is 10.4 Å². The van der Waals surface area contributed by atoms with E-state index in [1.54, 1.807) is 19.1 Å². The first-order valence-electron chi connectivity index (χ1n) is 5.99. The SMILES string of the molecule is CCC(C)(C#N)C(=O)NCCc1ccc(O)cc1. The van der Waals surface area contributed by atoms with Gasteiger partial charge in [-0.25, -0.2) is 0 Å². The predicted octanol–water partition coefficient (Wildman–Crippen LogP) is 1.99. The zero-order valence-electron chi connectivity index (χ0n) is 10.7. The van der Waals surface area contributed by atoms with Crippen LogP contribution >= 0.6 is 0 Å². The Kier molecular flexibility index (Phi) is 4.73. The highest BCUT2D eigenvalue weighted by molar-refractivity contribution is 5.84. The second-order valence-electron chi connectivity index (χ2n) is 4.47. The molecule has 1 amide bonds. The van der Waals surface area contributed by atoms with Crippen LogP contribution in [-0.4, -0.2) is 17.6 Å². The van der Waals surface area contributed by atoms with Gasteiger partial charge in [0.15, 0.2) is 0 Å². The zero-order valence-corrected chi connectivity index (χ0v) is 10.7. The number of nitriles is 1. The van der Waals surface area contributed by atoms with Crippen LogP contribution in [0.1, 0.15) is 25.8 Å². The van der Waals surface area contributed by atoms with E-state index >= 15 is 0 Å². The monoisotopic (exact) mass is 246 g/mol. The Morgan fingerprint density at radius 1 is 1.44 bits per heavy atom. The minimum Gasteiger partial charge on any atom is -0.508 e. The molecule has 4 nitrogen and oxygen atoms in total. The molecule has 1 aromatic rings. The van der Waals surface area contributed by atoms with Gasteiger partial charge in [-0.15, -0.1) is 0 Å². The molecule has 0 aliphatic heterocycles. The number of nitrogens with zero attached hydrogens (tertiary/aromatic N) is 1. The van der Waals surface area contributed by atoms with E-state index in [0.717, 1.165) is 5.56 Å². The van der Waals surface area contributed by atoms with Crippen LogP contribution in [0.4, 0.5) is 0 Å². The maximum Gasteiger partial charge on any atom is 0.240 e. The standard InChI is InChI=1S/C14H18N2O2/c1-3-14(2,10-15)13(18)16-9-8-11-4-6-12(17)7-5-11/h4-7,17H,3,8-9H2,1-2H3,(H,16,18). The normalized spacial score (nSPS) is 13.4. The van der Waals surface area contributed by atoms with Crippen molar-refractivity contribution in [1.82, 2.24) is 5.32 Å². The number of benzene rings is 1. The van der Waals surface area contributed by atoms with E-state index in [9.17, 15) is 4.79 Å². The van der Waals surface area contributed by atoms with Gasteiger partial charge in [0, 0.05) is 6.54 Å². The van der Waals surface area contributed by atoms with E-state index < -0.39 is 5.41 Å². The number of hydrogen-bond acceptors (Lipinski definition) is 3. The van der Waals surface area contributed by atoms with Gasteiger partial charge in [0.2, 0.25) is 5.91 Å². The molecule has 4 heteroatoms. The summed E-state index contributed by atoms with van der Waals surface area (Å²) < 4.78 is 0. The molecule has 0 radical (unpaired) electrons. The second-order valence-corrected chi connectivity index (χ2v) is 4.47. The molecule has 0 bridgehead atoms. The van der Waals surface area contributed by atoms with Crippen LogP contribution in [0.2, 0.25) is 0 Å². The van der Waals surface area contributed by atoms with Crippen LogP contribution in [0.5, 0.6) is 5.75 Å². The molecule has 0 saturated carbocycles. The number of carbonyl (C=O) groups excluding carboxylic acids is 1. The van der Waals surface area contributed by atoms with Crippen molar-refractivity contribution in [3.63, 3.8) is 0 Å². The number of carbonyl (C=O) groups is 1. The third-order valence-electron chi connectivity index (χ3n) is 3.09. The summed E-state index contributed by atoms with van der Waals surface area (Å²) in [7, 11) is 0. The minimum atomic E-state index is -0.949. The minimum absolute atomic E-state index is 0.228. The Hall–Kier alpha value is -2.02. The maximum absolute atomic E-state index is 11.8. The van der Waals surface area contributed by atoms with Crippen LogP contribution < -0.4 is 5.32 Å². The molecule has 0 heterocycles. The number of nitrogens with one attached hydrogen (secondary N) is 1. The van der Waals surface area contributed by atoms with Crippen LogP contribution in [0.3, 0.4) is 0 Å². The van der Waals surface area contributed by atoms with Crippen molar-refractivity contribution in [3.05, 3.63) is 29.8 Å². The summed E-state index contributed by atoms with van der Waals surface area (Å²) >= 11 is 0. The molecule has 96 valence electrons. The van der Waals surface area contributed by atoms with Gasteiger partial charge < -0.3 is 10.4 Å². The van der Waals surface area contributed by atoms with E-state index in [-0.39, 0.29) is 11.7 Å². The average molecular weight is 246 g/mol. The van der Waals surface area contributed by atoms with E-state index in [1.807, 2.05) is 25.1 Å². The summed E-state index contributed by atoms with van der Waals surface area (Å²) in [6.45, 7) is 3.95. The molecule has 1 atom stereocenters. The smallest absolute Gasteiger partial charge is 0.240 e. The summed E-state index contributed by atoms with van der Waals surface area (Å²) in [6.07, 6.45) is 1.17. The van der Waals surface area contributed by atoms with Gasteiger partial charge in [-0.3, -0.25) is 4.79 Å². The first-order valence-corrected chi connectivity index (χ1v) is 5.99. The van der Waals surface area contributed by atoms with Gasteiger partial charge in [0.25, 0.3) is 0 Å². The van der Waals surface area contributed by atoms with E-state index in [1.165, 1.54) is 0 Å². The number of aromatic hydroxyl groups is 1. The van der Waals surface area contributed by atoms with Crippen molar-refractivity contribution in [2.75, 3.05) is 6.54 Å². The van der Waals surface area contributed by atoms with Crippen molar-refractivity contribution < 1.29 is 9.90 Å². The van der Waals surface area contributed by atoms with Crippen molar-refractivity contribution >= 4 is 5.91 Å².